The Labute approximate surface area is 113 Å². The Kier molecular flexibility index (Phi) is 4.90. The fraction of sp³-hybridized carbons (Fsp3) is 0.600. The van der Waals surface area contributed by atoms with E-state index in [9.17, 15) is 0 Å². The number of rotatable bonds is 3. The first-order valence-electron chi connectivity index (χ1n) is 6.66. The van der Waals surface area contributed by atoms with Crippen LogP contribution in [0.2, 0.25) is 0 Å². The summed E-state index contributed by atoms with van der Waals surface area (Å²) in [5.74, 6) is 1.71. The minimum Gasteiger partial charge on any atom is -0.494 e. The van der Waals surface area contributed by atoms with Crippen molar-refractivity contribution in [2.75, 3.05) is 6.61 Å². The van der Waals surface area contributed by atoms with Crippen molar-refractivity contribution in [2.45, 2.75) is 49.8 Å². The minimum absolute atomic E-state index is 0.686. The van der Waals surface area contributed by atoms with Crippen molar-refractivity contribution >= 4 is 15.9 Å². The molecule has 0 saturated heterocycles. The van der Waals surface area contributed by atoms with Gasteiger partial charge in [-0.15, -0.1) is 0 Å². The fourth-order valence-corrected chi connectivity index (χ4v) is 3.40. The summed E-state index contributed by atoms with van der Waals surface area (Å²) in [5, 5.41) is 0. The Morgan fingerprint density at radius 2 is 2.12 bits per heavy atom. The third kappa shape index (κ3) is 3.74. The van der Waals surface area contributed by atoms with Crippen molar-refractivity contribution in [3.8, 4) is 5.75 Å². The Morgan fingerprint density at radius 1 is 1.29 bits per heavy atom. The lowest BCUT2D eigenvalue weighted by Crippen LogP contribution is -2.04. The van der Waals surface area contributed by atoms with Crippen molar-refractivity contribution in [2.24, 2.45) is 0 Å². The lowest BCUT2D eigenvalue weighted by molar-refractivity contribution is 0.339. The molecule has 0 heterocycles. The van der Waals surface area contributed by atoms with Crippen LogP contribution in [0.5, 0.6) is 5.75 Å². The number of hydrogen-bond acceptors (Lipinski definition) is 1. The number of halogens is 1. The van der Waals surface area contributed by atoms with Crippen LogP contribution in [0, 0.1) is 0 Å². The Bertz CT molecular complexity index is 351. The largest absolute Gasteiger partial charge is 0.494 e. The van der Waals surface area contributed by atoms with Gasteiger partial charge >= 0.3 is 0 Å². The summed E-state index contributed by atoms with van der Waals surface area (Å²) in [6.07, 6.45) is 6.61. The normalized spacial score (nSPS) is 25.3. The smallest absolute Gasteiger partial charge is 0.119 e. The highest BCUT2D eigenvalue weighted by Gasteiger charge is 2.19. The molecule has 17 heavy (non-hydrogen) atoms. The highest BCUT2D eigenvalue weighted by atomic mass is 79.9. The molecule has 0 N–H and O–H groups in total. The van der Waals surface area contributed by atoms with Crippen LogP contribution in [0.4, 0.5) is 0 Å². The predicted octanol–water partition coefficient (Wildman–Crippen LogP) is 4.90. The van der Waals surface area contributed by atoms with Crippen molar-refractivity contribution in [1.82, 2.24) is 0 Å². The maximum Gasteiger partial charge on any atom is 0.119 e. The summed E-state index contributed by atoms with van der Waals surface area (Å²) in [4.78, 5) is 0.686. The zero-order chi connectivity index (χ0) is 12.1. The molecule has 0 aromatic heterocycles. The molecule has 0 radical (unpaired) electrons. The van der Waals surface area contributed by atoms with Gasteiger partial charge in [-0.05, 0) is 49.8 Å². The first-order chi connectivity index (χ1) is 8.29. The van der Waals surface area contributed by atoms with E-state index in [-0.39, 0.29) is 0 Å². The van der Waals surface area contributed by atoms with E-state index in [1.54, 1.807) is 0 Å². The van der Waals surface area contributed by atoms with Gasteiger partial charge in [-0.25, -0.2) is 0 Å². The van der Waals surface area contributed by atoms with Gasteiger partial charge in [-0.1, -0.05) is 40.9 Å². The van der Waals surface area contributed by atoms with Crippen LogP contribution >= 0.6 is 15.9 Å². The summed E-state index contributed by atoms with van der Waals surface area (Å²) in [5.41, 5.74) is 1.45. The zero-order valence-corrected chi connectivity index (χ0v) is 12.1. The van der Waals surface area contributed by atoms with E-state index in [1.807, 2.05) is 6.92 Å². The highest BCUT2D eigenvalue weighted by molar-refractivity contribution is 9.09. The van der Waals surface area contributed by atoms with Crippen molar-refractivity contribution < 1.29 is 4.74 Å². The van der Waals surface area contributed by atoms with Crippen LogP contribution in [0.1, 0.15) is 50.5 Å². The molecule has 94 valence electrons. The molecule has 1 aliphatic rings. The molecule has 2 atom stereocenters. The maximum absolute atomic E-state index is 5.58. The molecule has 0 amide bonds. The summed E-state index contributed by atoms with van der Waals surface area (Å²) < 4.78 is 5.58. The third-order valence-corrected chi connectivity index (χ3v) is 4.33. The third-order valence-electron chi connectivity index (χ3n) is 3.50. The van der Waals surface area contributed by atoms with Crippen LogP contribution in [0.3, 0.4) is 0 Å². The molecule has 1 aliphatic carbocycles. The Balaban J connectivity index is 2.11. The number of alkyl halides is 1. The first kappa shape index (κ1) is 12.9. The van der Waals surface area contributed by atoms with E-state index in [4.69, 9.17) is 4.74 Å². The highest BCUT2D eigenvalue weighted by Crippen LogP contribution is 2.35. The quantitative estimate of drug-likeness (QED) is 0.570. The maximum atomic E-state index is 5.58. The molecule has 1 aromatic carbocycles. The van der Waals surface area contributed by atoms with Gasteiger partial charge in [0.2, 0.25) is 0 Å². The lowest BCUT2D eigenvalue weighted by atomic mass is 9.92. The van der Waals surface area contributed by atoms with Gasteiger partial charge in [0, 0.05) is 4.83 Å². The monoisotopic (exact) mass is 296 g/mol. The molecule has 1 aromatic rings. The molecule has 2 rings (SSSR count). The van der Waals surface area contributed by atoms with E-state index in [0.29, 0.717) is 10.7 Å². The van der Waals surface area contributed by atoms with Gasteiger partial charge in [-0.3, -0.25) is 0 Å². The van der Waals surface area contributed by atoms with Crippen molar-refractivity contribution in [3.63, 3.8) is 0 Å². The summed E-state index contributed by atoms with van der Waals surface area (Å²) in [6.45, 7) is 2.78. The molecule has 1 nitrogen and oxygen atoms in total. The standard InChI is InChI=1S/C15H21BrO/c1-2-17-15-9-5-7-13(11-15)12-6-3-4-8-14(16)10-12/h5,7,9,11-12,14H,2-4,6,8,10H2,1H3. The van der Waals surface area contributed by atoms with Gasteiger partial charge in [0.15, 0.2) is 0 Å². The SMILES string of the molecule is CCOc1cccc(C2CCCCC(Br)C2)c1. The zero-order valence-electron chi connectivity index (χ0n) is 10.5. The van der Waals surface area contributed by atoms with Gasteiger partial charge in [0.05, 0.1) is 6.61 Å². The van der Waals surface area contributed by atoms with Gasteiger partial charge in [-0.2, -0.15) is 0 Å². The van der Waals surface area contributed by atoms with Crippen LogP contribution < -0.4 is 4.74 Å². The van der Waals surface area contributed by atoms with Crippen LogP contribution in [-0.4, -0.2) is 11.4 Å². The lowest BCUT2D eigenvalue weighted by Gasteiger charge is -2.17. The van der Waals surface area contributed by atoms with E-state index >= 15 is 0 Å². The van der Waals surface area contributed by atoms with E-state index < -0.39 is 0 Å². The van der Waals surface area contributed by atoms with Crippen molar-refractivity contribution in [1.29, 1.82) is 0 Å². The topological polar surface area (TPSA) is 9.23 Å². The molecule has 2 unspecified atom stereocenters. The summed E-state index contributed by atoms with van der Waals surface area (Å²) >= 11 is 3.79. The number of benzene rings is 1. The van der Waals surface area contributed by atoms with Gasteiger partial charge in [0.25, 0.3) is 0 Å². The van der Waals surface area contributed by atoms with E-state index in [0.717, 1.165) is 12.4 Å². The molecular formula is C15H21BrO. The molecule has 0 bridgehead atoms. The fourth-order valence-electron chi connectivity index (χ4n) is 2.63. The molecule has 1 fully saturated rings. The second-order valence-electron chi connectivity index (χ2n) is 4.82. The average Bonchev–Trinajstić information content (AvgIpc) is 2.55. The first-order valence-corrected chi connectivity index (χ1v) is 7.58. The minimum atomic E-state index is 0.686. The van der Waals surface area contributed by atoms with Gasteiger partial charge in [0.1, 0.15) is 5.75 Å². The van der Waals surface area contributed by atoms with Crippen molar-refractivity contribution in [3.05, 3.63) is 29.8 Å². The Morgan fingerprint density at radius 3 is 2.94 bits per heavy atom. The van der Waals surface area contributed by atoms with E-state index in [1.165, 1.54) is 37.7 Å². The molecule has 0 aliphatic heterocycles. The second kappa shape index (κ2) is 6.44. The summed E-state index contributed by atoms with van der Waals surface area (Å²) in [7, 11) is 0. The van der Waals surface area contributed by atoms with Crippen LogP contribution in [0.25, 0.3) is 0 Å². The number of hydrogen-bond donors (Lipinski definition) is 0. The summed E-state index contributed by atoms with van der Waals surface area (Å²) in [6, 6.07) is 8.64. The average molecular weight is 297 g/mol. The van der Waals surface area contributed by atoms with Crippen LogP contribution in [0.15, 0.2) is 24.3 Å². The molecular weight excluding hydrogens is 276 g/mol. The predicted molar refractivity (Wildman–Crippen MR) is 76.2 cm³/mol. The Hall–Kier alpha value is -0.500. The van der Waals surface area contributed by atoms with E-state index in [2.05, 4.69) is 40.2 Å². The molecule has 0 spiro atoms. The molecule has 1 saturated carbocycles. The number of ether oxygens (including phenoxy) is 1. The second-order valence-corrected chi connectivity index (χ2v) is 6.11. The molecule has 2 heteroatoms. The van der Waals surface area contributed by atoms with Gasteiger partial charge < -0.3 is 4.74 Å². The van der Waals surface area contributed by atoms with Crippen LogP contribution in [-0.2, 0) is 0 Å².